The Balaban J connectivity index is 2.00. The highest BCUT2D eigenvalue weighted by molar-refractivity contribution is 5.97. The van der Waals surface area contributed by atoms with Gasteiger partial charge in [-0.05, 0) is 31.2 Å². The maximum Gasteiger partial charge on any atom is 0.342 e. The predicted molar refractivity (Wildman–Crippen MR) is 103 cm³/mol. The number of ether oxygens (including phenoxy) is 5. The van der Waals surface area contributed by atoms with Gasteiger partial charge in [-0.1, -0.05) is 0 Å². The molecule has 28 heavy (non-hydrogen) atoms. The summed E-state index contributed by atoms with van der Waals surface area (Å²) in [6, 6.07) is 9.81. The molecular weight excluding hydrogens is 366 g/mol. The van der Waals surface area contributed by atoms with E-state index >= 15 is 0 Å². The molecule has 0 radical (unpaired) electrons. The summed E-state index contributed by atoms with van der Waals surface area (Å²) in [7, 11) is 4.33. The molecule has 0 saturated heterocycles. The number of rotatable bonds is 9. The van der Waals surface area contributed by atoms with Crippen LogP contribution in [0.3, 0.4) is 0 Å². The number of nitrogens with one attached hydrogen (secondary N) is 1. The molecule has 0 spiro atoms. The molecule has 0 unspecified atom stereocenters. The van der Waals surface area contributed by atoms with Crippen LogP contribution < -0.4 is 24.3 Å². The number of benzene rings is 2. The summed E-state index contributed by atoms with van der Waals surface area (Å²) >= 11 is 0. The summed E-state index contributed by atoms with van der Waals surface area (Å²) in [5, 5.41) is 2.64. The zero-order valence-corrected chi connectivity index (χ0v) is 16.2. The minimum atomic E-state index is -0.723. The molecule has 0 bridgehead atoms. The van der Waals surface area contributed by atoms with Crippen molar-refractivity contribution in [3.63, 3.8) is 0 Å². The van der Waals surface area contributed by atoms with Crippen LogP contribution in [-0.2, 0) is 9.53 Å². The van der Waals surface area contributed by atoms with E-state index < -0.39 is 18.5 Å². The number of hydrogen-bond acceptors (Lipinski definition) is 7. The Morgan fingerprint density at radius 3 is 2.07 bits per heavy atom. The lowest BCUT2D eigenvalue weighted by atomic mass is 10.1. The normalized spacial score (nSPS) is 10.0. The first-order valence-corrected chi connectivity index (χ1v) is 8.52. The standard InChI is InChI=1S/C20H23NO7/c1-5-27-14-8-6-13(7-9-14)21-19(22)12-28-20(23)15-10-17(25-3)18(26-4)11-16(15)24-2/h6-11H,5,12H2,1-4H3,(H,21,22). The second-order valence-corrected chi connectivity index (χ2v) is 5.49. The van der Waals surface area contributed by atoms with Crippen LogP contribution in [-0.4, -0.2) is 46.4 Å². The van der Waals surface area contributed by atoms with E-state index in [-0.39, 0.29) is 11.3 Å². The largest absolute Gasteiger partial charge is 0.496 e. The molecule has 1 N–H and O–H groups in total. The second kappa shape index (κ2) is 10.1. The highest BCUT2D eigenvalue weighted by Gasteiger charge is 2.20. The lowest BCUT2D eigenvalue weighted by molar-refractivity contribution is -0.119. The van der Waals surface area contributed by atoms with Gasteiger partial charge < -0.3 is 29.0 Å². The van der Waals surface area contributed by atoms with Gasteiger partial charge in [0.1, 0.15) is 17.1 Å². The molecule has 0 atom stereocenters. The van der Waals surface area contributed by atoms with E-state index in [4.69, 9.17) is 23.7 Å². The SMILES string of the molecule is CCOc1ccc(NC(=O)COC(=O)c2cc(OC)c(OC)cc2OC)cc1. The first kappa shape index (κ1) is 20.9. The third-order valence-corrected chi connectivity index (χ3v) is 3.71. The Kier molecular flexibility index (Phi) is 7.50. The number of anilines is 1. The number of carbonyl (C=O) groups excluding carboxylic acids is 2. The zero-order valence-electron chi connectivity index (χ0n) is 16.2. The molecule has 8 heteroatoms. The van der Waals surface area contributed by atoms with Crippen LogP contribution in [0.15, 0.2) is 36.4 Å². The molecule has 2 aromatic carbocycles. The van der Waals surface area contributed by atoms with Gasteiger partial charge in [0.15, 0.2) is 18.1 Å². The summed E-state index contributed by atoms with van der Waals surface area (Å²) in [5.74, 6) is 0.497. The number of carbonyl (C=O) groups is 2. The van der Waals surface area contributed by atoms with Crippen LogP contribution in [0.1, 0.15) is 17.3 Å². The summed E-state index contributed by atoms with van der Waals surface area (Å²) in [6.45, 7) is 1.99. The van der Waals surface area contributed by atoms with Crippen molar-refractivity contribution in [2.24, 2.45) is 0 Å². The molecule has 0 aromatic heterocycles. The summed E-state index contributed by atoms with van der Waals surface area (Å²) < 4.78 is 26.0. The molecule has 0 aliphatic heterocycles. The quantitative estimate of drug-likeness (QED) is 0.659. The van der Waals surface area contributed by atoms with Crippen LogP contribution in [0.5, 0.6) is 23.0 Å². The Morgan fingerprint density at radius 1 is 0.893 bits per heavy atom. The van der Waals surface area contributed by atoms with Gasteiger partial charge in [-0.25, -0.2) is 4.79 Å². The highest BCUT2D eigenvalue weighted by Crippen LogP contribution is 2.34. The third kappa shape index (κ3) is 5.29. The molecular formula is C20H23NO7. The molecule has 2 rings (SSSR count). The highest BCUT2D eigenvalue weighted by atomic mass is 16.5. The Labute approximate surface area is 163 Å². The van der Waals surface area contributed by atoms with Crippen LogP contribution in [0.4, 0.5) is 5.69 Å². The maximum atomic E-state index is 12.4. The number of methoxy groups -OCH3 is 3. The van der Waals surface area contributed by atoms with Crippen molar-refractivity contribution in [3.8, 4) is 23.0 Å². The number of esters is 1. The van der Waals surface area contributed by atoms with Crippen molar-refractivity contribution >= 4 is 17.6 Å². The van der Waals surface area contributed by atoms with E-state index in [9.17, 15) is 9.59 Å². The van der Waals surface area contributed by atoms with Crippen LogP contribution in [0.25, 0.3) is 0 Å². The lowest BCUT2D eigenvalue weighted by Crippen LogP contribution is -2.21. The minimum Gasteiger partial charge on any atom is -0.496 e. The van der Waals surface area contributed by atoms with Crippen LogP contribution >= 0.6 is 0 Å². The Bertz CT molecular complexity index is 818. The fourth-order valence-electron chi connectivity index (χ4n) is 2.40. The van der Waals surface area contributed by atoms with E-state index in [0.717, 1.165) is 0 Å². The maximum absolute atomic E-state index is 12.4. The Morgan fingerprint density at radius 2 is 1.50 bits per heavy atom. The zero-order chi connectivity index (χ0) is 20.5. The monoisotopic (exact) mass is 389 g/mol. The van der Waals surface area contributed by atoms with E-state index in [2.05, 4.69) is 5.32 Å². The summed E-state index contributed by atoms with van der Waals surface area (Å²) in [6.07, 6.45) is 0. The van der Waals surface area contributed by atoms with Gasteiger partial charge in [0.25, 0.3) is 5.91 Å². The smallest absolute Gasteiger partial charge is 0.342 e. The molecule has 0 aliphatic carbocycles. The van der Waals surface area contributed by atoms with Crippen molar-refractivity contribution in [2.75, 3.05) is 39.9 Å². The van der Waals surface area contributed by atoms with Crippen LogP contribution in [0.2, 0.25) is 0 Å². The molecule has 1 amide bonds. The van der Waals surface area contributed by atoms with E-state index in [1.807, 2.05) is 6.92 Å². The molecule has 2 aromatic rings. The third-order valence-electron chi connectivity index (χ3n) is 3.71. The van der Waals surface area contributed by atoms with Crippen molar-refractivity contribution in [1.82, 2.24) is 0 Å². The second-order valence-electron chi connectivity index (χ2n) is 5.49. The van der Waals surface area contributed by atoms with Crippen molar-refractivity contribution < 1.29 is 33.3 Å². The van der Waals surface area contributed by atoms with Gasteiger partial charge in [-0.2, -0.15) is 0 Å². The predicted octanol–water partition coefficient (Wildman–Crippen LogP) is 2.91. The van der Waals surface area contributed by atoms with Gasteiger partial charge in [0.05, 0.1) is 27.9 Å². The average molecular weight is 389 g/mol. The fourth-order valence-corrected chi connectivity index (χ4v) is 2.40. The summed E-state index contributed by atoms with van der Waals surface area (Å²) in [4.78, 5) is 24.4. The van der Waals surface area contributed by atoms with Gasteiger partial charge in [-0.15, -0.1) is 0 Å². The molecule has 0 saturated carbocycles. The fraction of sp³-hybridized carbons (Fsp3) is 0.300. The topological polar surface area (TPSA) is 92.3 Å². The summed E-state index contributed by atoms with van der Waals surface area (Å²) in [5.41, 5.74) is 0.683. The molecule has 0 fully saturated rings. The van der Waals surface area contributed by atoms with E-state index in [0.29, 0.717) is 29.5 Å². The first-order chi connectivity index (χ1) is 13.5. The van der Waals surface area contributed by atoms with Crippen molar-refractivity contribution in [3.05, 3.63) is 42.0 Å². The molecule has 8 nitrogen and oxygen atoms in total. The molecule has 0 heterocycles. The van der Waals surface area contributed by atoms with Crippen molar-refractivity contribution in [2.45, 2.75) is 6.92 Å². The number of amides is 1. The van der Waals surface area contributed by atoms with Gasteiger partial charge in [0, 0.05) is 17.8 Å². The van der Waals surface area contributed by atoms with Gasteiger partial charge in [0.2, 0.25) is 0 Å². The Hall–Kier alpha value is -3.42. The van der Waals surface area contributed by atoms with E-state index in [1.165, 1.54) is 33.5 Å². The lowest BCUT2D eigenvalue weighted by Gasteiger charge is -2.13. The minimum absolute atomic E-state index is 0.119. The van der Waals surface area contributed by atoms with Gasteiger partial charge >= 0.3 is 5.97 Å². The van der Waals surface area contributed by atoms with E-state index in [1.54, 1.807) is 24.3 Å². The first-order valence-electron chi connectivity index (χ1n) is 8.52. The molecule has 150 valence electrons. The average Bonchev–Trinajstić information content (AvgIpc) is 2.72. The number of hydrogen-bond donors (Lipinski definition) is 1. The van der Waals surface area contributed by atoms with Crippen molar-refractivity contribution in [1.29, 1.82) is 0 Å². The molecule has 0 aliphatic rings. The van der Waals surface area contributed by atoms with Gasteiger partial charge in [-0.3, -0.25) is 4.79 Å². The van der Waals surface area contributed by atoms with Crippen LogP contribution in [0, 0.1) is 0 Å².